The van der Waals surface area contributed by atoms with Crippen LogP contribution in [0, 0.1) is 23.0 Å². The molecule has 158 valence electrons. The molecule has 4 rings (SSSR count). The van der Waals surface area contributed by atoms with Crippen LogP contribution in [0.4, 0.5) is 8.78 Å². The van der Waals surface area contributed by atoms with Crippen LogP contribution in [0.5, 0.6) is 0 Å². The number of nitrogens with zero attached hydrogens (tertiary/aromatic N) is 4. The lowest BCUT2D eigenvalue weighted by Crippen LogP contribution is -2.41. The van der Waals surface area contributed by atoms with Gasteiger partial charge in [0.2, 0.25) is 0 Å². The summed E-state index contributed by atoms with van der Waals surface area (Å²) in [6.07, 6.45) is 1.56. The van der Waals surface area contributed by atoms with E-state index in [0.29, 0.717) is 5.56 Å². The van der Waals surface area contributed by atoms with Gasteiger partial charge < -0.3 is 0 Å². The first kappa shape index (κ1) is 21.1. The monoisotopic (exact) mass is 438 g/mol. The number of hydrogen-bond acceptors (Lipinski definition) is 6. The molecule has 5 nitrogen and oxygen atoms in total. The second kappa shape index (κ2) is 8.53. The molecular weight excluding hydrogens is 418 g/mol. The molecule has 0 amide bonds. The first-order valence-electron chi connectivity index (χ1n) is 9.72. The van der Waals surface area contributed by atoms with E-state index in [2.05, 4.69) is 11.1 Å². The zero-order valence-corrected chi connectivity index (χ0v) is 17.9. The standard InChI is InChI=1S/C23H20F2N4OS/c1-15(22-28-21(11-31-22)17-5-3-16(10-26)4-6-17)23(2,12-29-13-27-14-30-29)19-9-18(24)7-8-20(19)25/h3-9,11,13,15H,12,14H2,1-2H3/t15-,23-/m0/s1. The van der Waals surface area contributed by atoms with Crippen molar-refractivity contribution in [2.24, 2.45) is 4.99 Å². The van der Waals surface area contributed by atoms with Crippen molar-refractivity contribution < 1.29 is 13.6 Å². The Labute approximate surface area is 183 Å². The van der Waals surface area contributed by atoms with Gasteiger partial charge in [0.05, 0.1) is 28.9 Å². The molecule has 0 spiro atoms. The molecular formula is C23H20F2N4OS. The molecule has 0 N–H and O–H groups in total. The van der Waals surface area contributed by atoms with Crippen LogP contribution >= 0.6 is 11.3 Å². The van der Waals surface area contributed by atoms with Crippen molar-refractivity contribution in [1.29, 1.82) is 5.26 Å². The van der Waals surface area contributed by atoms with Crippen molar-refractivity contribution >= 4 is 17.7 Å². The normalized spacial score (nSPS) is 16.2. The van der Waals surface area contributed by atoms with Crippen LogP contribution in [-0.4, -0.2) is 29.7 Å². The Hall–Kier alpha value is -3.15. The zero-order chi connectivity index (χ0) is 22.0. The van der Waals surface area contributed by atoms with Crippen molar-refractivity contribution in [3.05, 3.63) is 75.6 Å². The molecule has 2 aromatic carbocycles. The molecule has 1 aromatic heterocycles. The summed E-state index contributed by atoms with van der Waals surface area (Å²) in [5.41, 5.74) is 1.66. The summed E-state index contributed by atoms with van der Waals surface area (Å²) in [5.74, 6) is -1.22. The Kier molecular flexibility index (Phi) is 5.81. The minimum atomic E-state index is -0.845. The van der Waals surface area contributed by atoms with Crippen LogP contribution in [0.3, 0.4) is 0 Å². The van der Waals surface area contributed by atoms with Gasteiger partial charge in [0.1, 0.15) is 18.0 Å². The van der Waals surface area contributed by atoms with Gasteiger partial charge >= 0.3 is 0 Å². The lowest BCUT2D eigenvalue weighted by molar-refractivity contribution is -0.0861. The number of hydrogen-bond donors (Lipinski definition) is 0. The average molecular weight is 439 g/mol. The largest absolute Gasteiger partial charge is 0.249 e. The first-order valence-corrected chi connectivity index (χ1v) is 10.6. The fraction of sp³-hybridized carbons (Fsp3) is 0.261. The van der Waals surface area contributed by atoms with Gasteiger partial charge in [-0.05, 0) is 35.9 Å². The van der Waals surface area contributed by atoms with Crippen LogP contribution in [0.1, 0.15) is 35.9 Å². The van der Waals surface area contributed by atoms with Gasteiger partial charge in [-0.25, -0.2) is 28.7 Å². The molecule has 0 saturated heterocycles. The predicted octanol–water partition coefficient (Wildman–Crippen LogP) is 5.25. The quantitative estimate of drug-likeness (QED) is 0.527. The minimum Gasteiger partial charge on any atom is -0.249 e. The summed E-state index contributed by atoms with van der Waals surface area (Å²) < 4.78 is 28.9. The van der Waals surface area contributed by atoms with Gasteiger partial charge in [-0.2, -0.15) is 5.26 Å². The third-order valence-electron chi connectivity index (χ3n) is 5.69. The number of benzene rings is 2. The minimum absolute atomic E-state index is 0.205. The molecule has 1 aliphatic rings. The number of nitriles is 1. The molecule has 1 aliphatic heterocycles. The third kappa shape index (κ3) is 4.20. The second-order valence-corrected chi connectivity index (χ2v) is 8.54. The van der Waals surface area contributed by atoms with Gasteiger partial charge in [0, 0.05) is 22.3 Å². The Balaban J connectivity index is 1.71. The summed E-state index contributed by atoms with van der Waals surface area (Å²) in [4.78, 5) is 14.3. The van der Waals surface area contributed by atoms with E-state index in [-0.39, 0.29) is 24.8 Å². The summed E-state index contributed by atoms with van der Waals surface area (Å²) in [6, 6.07) is 12.8. The maximum atomic E-state index is 14.9. The summed E-state index contributed by atoms with van der Waals surface area (Å²) in [7, 11) is 0. The lowest BCUT2D eigenvalue weighted by Gasteiger charge is -2.37. The average Bonchev–Trinajstić information content (AvgIpc) is 3.47. The number of aromatic nitrogens is 1. The molecule has 0 fully saturated rings. The molecule has 3 aromatic rings. The summed E-state index contributed by atoms with van der Waals surface area (Å²) in [6.45, 7) is 4.33. The first-order chi connectivity index (χ1) is 14.9. The van der Waals surface area contributed by atoms with Gasteiger partial charge in [-0.3, -0.25) is 0 Å². The van der Waals surface area contributed by atoms with E-state index in [4.69, 9.17) is 15.1 Å². The highest BCUT2D eigenvalue weighted by Crippen LogP contribution is 2.42. The SMILES string of the molecule is C[C@@H](c1nc(-c2ccc(C#N)cc2)cs1)[C@](C)(CN1C=NCO1)c1cc(F)ccc1F. The van der Waals surface area contributed by atoms with E-state index in [0.717, 1.165) is 28.4 Å². The highest BCUT2D eigenvalue weighted by molar-refractivity contribution is 7.10. The fourth-order valence-electron chi connectivity index (χ4n) is 3.67. The van der Waals surface area contributed by atoms with Gasteiger partial charge in [0.25, 0.3) is 0 Å². The Morgan fingerprint density at radius 2 is 2.03 bits per heavy atom. The van der Waals surface area contributed by atoms with E-state index in [1.165, 1.54) is 17.4 Å². The van der Waals surface area contributed by atoms with Gasteiger partial charge in [0.15, 0.2) is 6.73 Å². The number of aliphatic imine (C=N–C) groups is 1. The summed E-state index contributed by atoms with van der Waals surface area (Å²) >= 11 is 1.47. The van der Waals surface area contributed by atoms with Crippen LogP contribution in [0.15, 0.2) is 52.8 Å². The number of rotatable bonds is 6. The van der Waals surface area contributed by atoms with Crippen LogP contribution in [-0.2, 0) is 10.3 Å². The number of halogens is 2. The molecule has 0 radical (unpaired) electrons. The van der Waals surface area contributed by atoms with E-state index < -0.39 is 17.0 Å². The molecule has 0 saturated carbocycles. The molecule has 8 heteroatoms. The van der Waals surface area contributed by atoms with E-state index in [1.54, 1.807) is 23.5 Å². The molecule has 2 atom stereocenters. The topological polar surface area (TPSA) is 61.5 Å². The maximum Gasteiger partial charge on any atom is 0.166 e. The van der Waals surface area contributed by atoms with Crippen LogP contribution < -0.4 is 0 Å². The lowest BCUT2D eigenvalue weighted by atomic mass is 9.72. The van der Waals surface area contributed by atoms with Crippen molar-refractivity contribution in [1.82, 2.24) is 10.0 Å². The molecule has 31 heavy (non-hydrogen) atoms. The smallest absolute Gasteiger partial charge is 0.166 e. The van der Waals surface area contributed by atoms with E-state index in [1.807, 2.05) is 31.4 Å². The Morgan fingerprint density at radius 3 is 2.71 bits per heavy atom. The third-order valence-corrected chi connectivity index (χ3v) is 6.72. The van der Waals surface area contributed by atoms with E-state index in [9.17, 15) is 8.78 Å². The molecule has 0 aliphatic carbocycles. The number of hydroxylamine groups is 2. The maximum absolute atomic E-state index is 14.9. The fourth-order valence-corrected chi connectivity index (χ4v) is 4.71. The van der Waals surface area contributed by atoms with Crippen molar-refractivity contribution in [3.63, 3.8) is 0 Å². The second-order valence-electron chi connectivity index (χ2n) is 7.65. The Morgan fingerprint density at radius 1 is 1.26 bits per heavy atom. The zero-order valence-electron chi connectivity index (χ0n) is 17.0. The highest BCUT2D eigenvalue weighted by Gasteiger charge is 2.40. The van der Waals surface area contributed by atoms with Crippen LogP contribution in [0.25, 0.3) is 11.3 Å². The van der Waals surface area contributed by atoms with Gasteiger partial charge in [-0.15, -0.1) is 11.3 Å². The summed E-state index contributed by atoms with van der Waals surface area (Å²) in [5, 5.41) is 13.3. The van der Waals surface area contributed by atoms with E-state index >= 15 is 0 Å². The van der Waals surface area contributed by atoms with Crippen molar-refractivity contribution in [2.75, 3.05) is 13.3 Å². The number of thiazole rings is 1. The van der Waals surface area contributed by atoms with Crippen molar-refractivity contribution in [3.8, 4) is 17.3 Å². The highest BCUT2D eigenvalue weighted by atomic mass is 32.1. The van der Waals surface area contributed by atoms with Gasteiger partial charge in [-0.1, -0.05) is 26.0 Å². The predicted molar refractivity (Wildman–Crippen MR) is 116 cm³/mol. The Bertz CT molecular complexity index is 1160. The molecule has 0 unspecified atom stereocenters. The molecule has 2 heterocycles. The molecule has 0 bridgehead atoms. The van der Waals surface area contributed by atoms with Crippen molar-refractivity contribution in [2.45, 2.75) is 25.2 Å². The van der Waals surface area contributed by atoms with Crippen LogP contribution in [0.2, 0.25) is 0 Å².